The number of thiocarbonyl (C=S) groups is 1. The lowest BCUT2D eigenvalue weighted by Crippen LogP contribution is -2.49. The Kier molecular flexibility index (Phi) is 7.94. The van der Waals surface area contributed by atoms with Gasteiger partial charge in [0.2, 0.25) is 5.91 Å². The maximum atomic E-state index is 11.7. The third kappa shape index (κ3) is 7.14. The quantitative estimate of drug-likeness (QED) is 0.547. The molecule has 0 saturated heterocycles. The van der Waals surface area contributed by atoms with Crippen LogP contribution in [0.3, 0.4) is 0 Å². The maximum Gasteiger partial charge on any atom is 0.276 e. The summed E-state index contributed by atoms with van der Waals surface area (Å²) in [4.78, 5) is 23.2. The number of hydrogen-bond acceptors (Lipinski definition) is 4. The lowest BCUT2D eigenvalue weighted by atomic mass is 10.1. The molecule has 0 aliphatic rings. The highest BCUT2D eigenvalue weighted by atomic mass is 35.5. The molecule has 0 unspecified atom stereocenters. The Morgan fingerprint density at radius 3 is 2.29 bits per heavy atom. The van der Waals surface area contributed by atoms with Crippen molar-refractivity contribution in [3.05, 3.63) is 28.3 Å². The van der Waals surface area contributed by atoms with Crippen LogP contribution in [0, 0.1) is 19.8 Å². The largest absolute Gasteiger partial charge is 0.484 e. The fourth-order valence-corrected chi connectivity index (χ4v) is 2.15. The van der Waals surface area contributed by atoms with Crippen LogP contribution in [-0.4, -0.2) is 23.5 Å². The third-order valence-corrected chi connectivity index (χ3v) is 3.74. The summed E-state index contributed by atoms with van der Waals surface area (Å²) in [5.41, 5.74) is 6.56. The Hall–Kier alpha value is -1.86. The molecule has 0 aromatic heterocycles. The van der Waals surface area contributed by atoms with Crippen molar-refractivity contribution in [2.75, 3.05) is 6.61 Å². The minimum atomic E-state index is -0.430. The number of halogens is 1. The first kappa shape index (κ1) is 20.2. The average Bonchev–Trinajstić information content (AvgIpc) is 2.47. The van der Waals surface area contributed by atoms with E-state index >= 15 is 0 Å². The first-order valence-corrected chi connectivity index (χ1v) is 8.26. The number of nitrogens with one attached hydrogen (secondary N) is 3. The highest BCUT2D eigenvalue weighted by molar-refractivity contribution is 7.80. The predicted molar refractivity (Wildman–Crippen MR) is 97.9 cm³/mol. The van der Waals surface area contributed by atoms with Crippen LogP contribution < -0.4 is 20.9 Å². The van der Waals surface area contributed by atoms with Crippen molar-refractivity contribution in [1.82, 2.24) is 16.2 Å². The summed E-state index contributed by atoms with van der Waals surface area (Å²) in [5.74, 6) is 0.139. The Labute approximate surface area is 152 Å². The van der Waals surface area contributed by atoms with E-state index in [0.29, 0.717) is 17.2 Å². The maximum absolute atomic E-state index is 11.7. The first-order chi connectivity index (χ1) is 11.2. The monoisotopic (exact) mass is 371 g/mol. The van der Waals surface area contributed by atoms with Gasteiger partial charge in [0.15, 0.2) is 11.7 Å². The number of carbonyl (C=O) groups is 2. The number of rotatable bonds is 5. The SMILES string of the molecule is Cc1cc(OCC(=O)NNC(=S)NC(=O)CC(C)C)cc(C)c1Cl. The Bertz CT molecular complexity index is 612. The van der Waals surface area contributed by atoms with E-state index in [2.05, 4.69) is 16.2 Å². The van der Waals surface area contributed by atoms with Crippen molar-refractivity contribution >= 4 is 40.7 Å². The Morgan fingerprint density at radius 1 is 1.17 bits per heavy atom. The molecular weight excluding hydrogens is 350 g/mol. The van der Waals surface area contributed by atoms with Gasteiger partial charge in [-0.3, -0.25) is 20.4 Å². The van der Waals surface area contributed by atoms with Crippen LogP contribution in [0.4, 0.5) is 0 Å². The second kappa shape index (κ2) is 9.44. The molecule has 1 aromatic rings. The summed E-state index contributed by atoms with van der Waals surface area (Å²) in [6, 6.07) is 3.51. The van der Waals surface area contributed by atoms with E-state index in [0.717, 1.165) is 11.1 Å². The molecule has 132 valence electrons. The minimum absolute atomic E-state index is 0.0344. The first-order valence-electron chi connectivity index (χ1n) is 7.47. The van der Waals surface area contributed by atoms with Gasteiger partial charge in [-0.05, 0) is 55.2 Å². The molecule has 8 heteroatoms. The number of benzene rings is 1. The number of aryl methyl sites for hydroxylation is 2. The molecule has 2 amide bonds. The normalized spacial score (nSPS) is 10.2. The van der Waals surface area contributed by atoms with E-state index in [4.69, 9.17) is 28.6 Å². The zero-order chi connectivity index (χ0) is 18.3. The summed E-state index contributed by atoms with van der Waals surface area (Å²) in [6.07, 6.45) is 0.355. The summed E-state index contributed by atoms with van der Waals surface area (Å²) in [7, 11) is 0. The third-order valence-electron chi connectivity index (χ3n) is 2.94. The van der Waals surface area contributed by atoms with Crippen LogP contribution in [0.5, 0.6) is 5.75 Å². The lowest BCUT2D eigenvalue weighted by Gasteiger charge is -2.13. The topological polar surface area (TPSA) is 79.5 Å². The van der Waals surface area contributed by atoms with Gasteiger partial charge in [-0.1, -0.05) is 25.4 Å². The minimum Gasteiger partial charge on any atom is -0.484 e. The smallest absolute Gasteiger partial charge is 0.276 e. The zero-order valence-electron chi connectivity index (χ0n) is 14.2. The van der Waals surface area contributed by atoms with Crippen molar-refractivity contribution in [2.45, 2.75) is 34.1 Å². The van der Waals surface area contributed by atoms with E-state index in [1.165, 1.54) is 0 Å². The molecular formula is C16H22ClN3O3S. The molecule has 0 aliphatic heterocycles. The van der Waals surface area contributed by atoms with Crippen LogP contribution in [0.15, 0.2) is 12.1 Å². The molecule has 24 heavy (non-hydrogen) atoms. The highest BCUT2D eigenvalue weighted by Gasteiger charge is 2.09. The van der Waals surface area contributed by atoms with Crippen LogP contribution in [-0.2, 0) is 9.59 Å². The standard InChI is InChI=1S/C16H22ClN3O3S/c1-9(2)5-13(21)18-16(24)20-19-14(22)8-23-12-6-10(3)15(17)11(4)7-12/h6-7,9H,5,8H2,1-4H3,(H,19,22)(H2,18,20,21,24). The number of ether oxygens (including phenoxy) is 1. The van der Waals surface area contributed by atoms with Crippen LogP contribution >= 0.6 is 23.8 Å². The van der Waals surface area contributed by atoms with E-state index in [1.54, 1.807) is 12.1 Å². The van der Waals surface area contributed by atoms with Crippen LogP contribution in [0.25, 0.3) is 0 Å². The molecule has 0 atom stereocenters. The van der Waals surface area contributed by atoms with Gasteiger partial charge in [-0.2, -0.15) is 0 Å². The van der Waals surface area contributed by atoms with Crippen LogP contribution in [0.1, 0.15) is 31.4 Å². The molecule has 0 saturated carbocycles. The number of hydrogen-bond donors (Lipinski definition) is 3. The molecule has 0 fully saturated rings. The molecule has 0 radical (unpaired) electrons. The van der Waals surface area contributed by atoms with Gasteiger partial charge in [-0.25, -0.2) is 0 Å². The molecule has 1 rings (SSSR count). The van der Waals surface area contributed by atoms with Gasteiger partial charge < -0.3 is 10.1 Å². The fraction of sp³-hybridized carbons (Fsp3) is 0.438. The van der Waals surface area contributed by atoms with Crippen molar-refractivity contribution < 1.29 is 14.3 Å². The molecule has 0 aliphatic carbocycles. The zero-order valence-corrected chi connectivity index (χ0v) is 15.7. The molecule has 0 bridgehead atoms. The van der Waals surface area contributed by atoms with Crippen molar-refractivity contribution in [2.24, 2.45) is 5.92 Å². The van der Waals surface area contributed by atoms with Gasteiger partial charge in [0.05, 0.1) is 0 Å². The van der Waals surface area contributed by atoms with Gasteiger partial charge in [0.25, 0.3) is 5.91 Å². The van der Waals surface area contributed by atoms with E-state index < -0.39 is 5.91 Å². The van der Waals surface area contributed by atoms with Gasteiger partial charge in [0, 0.05) is 11.4 Å². The number of carbonyl (C=O) groups excluding carboxylic acids is 2. The molecule has 3 N–H and O–H groups in total. The average molecular weight is 372 g/mol. The van der Waals surface area contributed by atoms with Crippen molar-refractivity contribution in [3.63, 3.8) is 0 Å². The van der Waals surface area contributed by atoms with Gasteiger partial charge >= 0.3 is 0 Å². The number of hydrazine groups is 1. The van der Waals surface area contributed by atoms with E-state index in [-0.39, 0.29) is 23.5 Å². The molecule has 0 spiro atoms. The van der Waals surface area contributed by atoms with E-state index in [9.17, 15) is 9.59 Å². The predicted octanol–water partition coefficient (Wildman–Crippen LogP) is 2.40. The molecule has 0 heterocycles. The van der Waals surface area contributed by atoms with E-state index in [1.807, 2.05) is 27.7 Å². The second-order valence-corrected chi connectivity index (χ2v) is 6.59. The summed E-state index contributed by atoms with van der Waals surface area (Å²) >= 11 is 11.0. The summed E-state index contributed by atoms with van der Waals surface area (Å²) < 4.78 is 5.41. The fourth-order valence-electron chi connectivity index (χ4n) is 1.88. The Balaban J connectivity index is 2.37. The van der Waals surface area contributed by atoms with Gasteiger partial charge in [-0.15, -0.1) is 0 Å². The molecule has 6 nitrogen and oxygen atoms in total. The second-order valence-electron chi connectivity index (χ2n) is 5.81. The summed E-state index contributed by atoms with van der Waals surface area (Å²) in [6.45, 7) is 7.38. The Morgan fingerprint density at radius 2 is 1.75 bits per heavy atom. The van der Waals surface area contributed by atoms with Gasteiger partial charge in [0.1, 0.15) is 5.75 Å². The van der Waals surface area contributed by atoms with Crippen molar-refractivity contribution in [1.29, 1.82) is 0 Å². The highest BCUT2D eigenvalue weighted by Crippen LogP contribution is 2.25. The van der Waals surface area contributed by atoms with Crippen molar-refractivity contribution in [3.8, 4) is 5.75 Å². The summed E-state index contributed by atoms with van der Waals surface area (Å²) in [5, 5.41) is 3.18. The number of amides is 2. The lowest BCUT2D eigenvalue weighted by molar-refractivity contribution is -0.124. The van der Waals surface area contributed by atoms with Crippen LogP contribution in [0.2, 0.25) is 5.02 Å². The molecule has 1 aromatic carbocycles.